The van der Waals surface area contributed by atoms with Gasteiger partial charge in [-0.3, -0.25) is 4.68 Å². The van der Waals surface area contributed by atoms with Crippen LogP contribution in [-0.4, -0.2) is 22.9 Å². The summed E-state index contributed by atoms with van der Waals surface area (Å²) in [4.78, 5) is 0. The number of ether oxygens (including phenoxy) is 1. The Hall–Kier alpha value is -1.81. The van der Waals surface area contributed by atoms with E-state index in [1.807, 2.05) is 41.2 Å². The highest BCUT2D eigenvalue weighted by Gasteiger charge is 2.03. The Labute approximate surface area is 120 Å². The summed E-state index contributed by atoms with van der Waals surface area (Å²) >= 11 is 0. The van der Waals surface area contributed by atoms with Crippen molar-refractivity contribution in [2.75, 3.05) is 13.2 Å². The van der Waals surface area contributed by atoms with Gasteiger partial charge in [-0.05, 0) is 31.5 Å². The minimum Gasteiger partial charge on any atom is -0.492 e. The molecular weight excluding hydrogens is 250 g/mol. The summed E-state index contributed by atoms with van der Waals surface area (Å²) in [6.07, 6.45) is 3.14. The van der Waals surface area contributed by atoms with E-state index in [0.717, 1.165) is 31.0 Å². The van der Waals surface area contributed by atoms with Gasteiger partial charge in [0.15, 0.2) is 0 Å². The van der Waals surface area contributed by atoms with Gasteiger partial charge in [-0.15, -0.1) is 0 Å². The van der Waals surface area contributed by atoms with Crippen molar-refractivity contribution in [1.82, 2.24) is 15.1 Å². The van der Waals surface area contributed by atoms with Gasteiger partial charge in [0.1, 0.15) is 12.4 Å². The van der Waals surface area contributed by atoms with E-state index in [1.54, 1.807) is 0 Å². The van der Waals surface area contributed by atoms with E-state index in [-0.39, 0.29) is 0 Å². The first-order chi connectivity index (χ1) is 9.79. The second kappa shape index (κ2) is 7.70. The van der Waals surface area contributed by atoms with Crippen molar-refractivity contribution in [2.24, 2.45) is 0 Å². The molecule has 0 aliphatic rings. The van der Waals surface area contributed by atoms with E-state index in [1.165, 1.54) is 0 Å². The molecule has 108 valence electrons. The first-order valence-corrected chi connectivity index (χ1v) is 7.22. The summed E-state index contributed by atoms with van der Waals surface area (Å²) in [6, 6.07) is 12.4. The van der Waals surface area contributed by atoms with Crippen molar-refractivity contribution in [3.05, 3.63) is 48.3 Å². The fourth-order valence-electron chi connectivity index (χ4n) is 1.88. The number of hydrogen-bond donors (Lipinski definition) is 1. The lowest BCUT2D eigenvalue weighted by Crippen LogP contribution is -2.21. The van der Waals surface area contributed by atoms with E-state index < -0.39 is 0 Å². The lowest BCUT2D eigenvalue weighted by atomic mass is 10.3. The van der Waals surface area contributed by atoms with Crippen molar-refractivity contribution >= 4 is 0 Å². The Morgan fingerprint density at radius 2 is 2.05 bits per heavy atom. The van der Waals surface area contributed by atoms with Crippen LogP contribution in [0.3, 0.4) is 0 Å². The van der Waals surface area contributed by atoms with Crippen LogP contribution in [0.2, 0.25) is 0 Å². The Balaban J connectivity index is 1.65. The van der Waals surface area contributed by atoms with Gasteiger partial charge in [0.25, 0.3) is 0 Å². The zero-order valence-corrected chi connectivity index (χ0v) is 12.2. The first-order valence-electron chi connectivity index (χ1n) is 7.22. The Kier molecular flexibility index (Phi) is 5.62. The molecule has 0 spiro atoms. The quantitative estimate of drug-likeness (QED) is 0.751. The fraction of sp³-hybridized carbons (Fsp3) is 0.438. The molecule has 0 bridgehead atoms. The molecule has 4 nitrogen and oxygen atoms in total. The van der Waals surface area contributed by atoms with Crippen LogP contribution >= 0.6 is 0 Å². The molecule has 0 saturated carbocycles. The predicted molar refractivity (Wildman–Crippen MR) is 80.9 cm³/mol. The monoisotopic (exact) mass is 273 g/mol. The Bertz CT molecular complexity index is 495. The number of benzene rings is 1. The van der Waals surface area contributed by atoms with E-state index in [4.69, 9.17) is 4.74 Å². The van der Waals surface area contributed by atoms with Crippen molar-refractivity contribution in [3.8, 4) is 5.75 Å². The SMILES string of the molecule is CCC(C)n1ccc(CNCCOc2ccccc2)n1. The Morgan fingerprint density at radius 1 is 1.25 bits per heavy atom. The van der Waals surface area contributed by atoms with Gasteiger partial charge in [0.2, 0.25) is 0 Å². The van der Waals surface area contributed by atoms with Crippen molar-refractivity contribution in [2.45, 2.75) is 32.9 Å². The lowest BCUT2D eigenvalue weighted by molar-refractivity contribution is 0.313. The summed E-state index contributed by atoms with van der Waals surface area (Å²) < 4.78 is 7.64. The van der Waals surface area contributed by atoms with Crippen LogP contribution in [0.5, 0.6) is 5.75 Å². The van der Waals surface area contributed by atoms with E-state index >= 15 is 0 Å². The molecule has 2 rings (SSSR count). The Morgan fingerprint density at radius 3 is 2.80 bits per heavy atom. The van der Waals surface area contributed by atoms with Crippen LogP contribution in [0.1, 0.15) is 32.0 Å². The zero-order valence-electron chi connectivity index (χ0n) is 12.2. The molecule has 0 aliphatic heterocycles. The van der Waals surface area contributed by atoms with Crippen LogP contribution in [0, 0.1) is 0 Å². The van der Waals surface area contributed by atoms with Gasteiger partial charge >= 0.3 is 0 Å². The van der Waals surface area contributed by atoms with Gasteiger partial charge < -0.3 is 10.1 Å². The smallest absolute Gasteiger partial charge is 0.119 e. The van der Waals surface area contributed by atoms with E-state index in [9.17, 15) is 0 Å². The molecule has 1 N–H and O–H groups in total. The molecule has 4 heteroatoms. The number of nitrogens with one attached hydrogen (secondary N) is 1. The third kappa shape index (κ3) is 4.38. The number of nitrogens with zero attached hydrogens (tertiary/aromatic N) is 2. The average molecular weight is 273 g/mol. The van der Waals surface area contributed by atoms with Crippen LogP contribution < -0.4 is 10.1 Å². The summed E-state index contributed by atoms with van der Waals surface area (Å²) in [6.45, 7) is 6.60. The zero-order chi connectivity index (χ0) is 14.2. The number of hydrogen-bond acceptors (Lipinski definition) is 3. The molecule has 1 heterocycles. The second-order valence-electron chi connectivity index (χ2n) is 4.88. The molecule has 2 aromatic rings. The van der Waals surface area contributed by atoms with Crippen LogP contribution in [0.25, 0.3) is 0 Å². The topological polar surface area (TPSA) is 39.1 Å². The van der Waals surface area contributed by atoms with Crippen molar-refractivity contribution in [1.29, 1.82) is 0 Å². The lowest BCUT2D eigenvalue weighted by Gasteiger charge is -2.08. The summed E-state index contributed by atoms with van der Waals surface area (Å²) in [7, 11) is 0. The van der Waals surface area contributed by atoms with Crippen LogP contribution in [0.15, 0.2) is 42.6 Å². The summed E-state index contributed by atoms with van der Waals surface area (Å²) in [5.74, 6) is 0.912. The van der Waals surface area contributed by atoms with E-state index in [0.29, 0.717) is 12.6 Å². The molecular formula is C16H23N3O. The molecule has 0 radical (unpaired) electrons. The molecule has 0 saturated heterocycles. The maximum absolute atomic E-state index is 5.62. The highest BCUT2D eigenvalue weighted by atomic mass is 16.5. The minimum absolute atomic E-state index is 0.463. The molecule has 1 unspecified atom stereocenters. The average Bonchev–Trinajstić information content (AvgIpc) is 2.96. The predicted octanol–water partition coefficient (Wildman–Crippen LogP) is 3.02. The van der Waals surface area contributed by atoms with Crippen molar-refractivity contribution in [3.63, 3.8) is 0 Å². The highest BCUT2D eigenvalue weighted by molar-refractivity contribution is 5.20. The van der Waals surface area contributed by atoms with Gasteiger partial charge in [0, 0.05) is 25.3 Å². The van der Waals surface area contributed by atoms with Crippen LogP contribution in [-0.2, 0) is 6.54 Å². The number of rotatable bonds is 8. The standard InChI is InChI=1S/C16H23N3O/c1-3-14(2)19-11-9-15(18-19)13-17-10-12-20-16-7-5-4-6-8-16/h4-9,11,14,17H,3,10,12-13H2,1-2H3. The summed E-state index contributed by atoms with van der Waals surface area (Å²) in [5, 5.41) is 7.89. The minimum atomic E-state index is 0.463. The van der Waals surface area contributed by atoms with Crippen LogP contribution in [0.4, 0.5) is 0 Å². The maximum atomic E-state index is 5.62. The number of aromatic nitrogens is 2. The molecule has 0 amide bonds. The molecule has 0 fully saturated rings. The van der Waals surface area contributed by atoms with Gasteiger partial charge in [-0.25, -0.2) is 0 Å². The highest BCUT2D eigenvalue weighted by Crippen LogP contribution is 2.09. The molecule has 1 aromatic heterocycles. The third-order valence-corrected chi connectivity index (χ3v) is 3.30. The van der Waals surface area contributed by atoms with Gasteiger partial charge in [-0.1, -0.05) is 25.1 Å². The third-order valence-electron chi connectivity index (χ3n) is 3.30. The molecule has 0 aliphatic carbocycles. The first kappa shape index (κ1) is 14.6. The molecule has 20 heavy (non-hydrogen) atoms. The molecule has 1 aromatic carbocycles. The van der Waals surface area contributed by atoms with Gasteiger partial charge in [0.05, 0.1) is 5.69 Å². The van der Waals surface area contributed by atoms with Gasteiger partial charge in [-0.2, -0.15) is 5.10 Å². The maximum Gasteiger partial charge on any atom is 0.119 e. The summed E-state index contributed by atoms with van der Waals surface area (Å²) in [5.41, 5.74) is 1.07. The normalized spacial score (nSPS) is 12.3. The van der Waals surface area contributed by atoms with E-state index in [2.05, 4.69) is 30.3 Å². The fourth-order valence-corrected chi connectivity index (χ4v) is 1.88. The van der Waals surface area contributed by atoms with Crippen molar-refractivity contribution < 1.29 is 4.74 Å². The number of para-hydroxylation sites is 1. The molecule has 1 atom stereocenters. The largest absolute Gasteiger partial charge is 0.492 e. The second-order valence-corrected chi connectivity index (χ2v) is 4.88.